The van der Waals surface area contributed by atoms with Gasteiger partial charge in [-0.2, -0.15) is 0 Å². The molecule has 0 N–H and O–H groups in total. The molecule has 0 fully saturated rings. The topological polar surface area (TPSA) is 0 Å². The van der Waals surface area contributed by atoms with Gasteiger partial charge in [0.15, 0.2) is 0 Å². The molecule has 0 aliphatic rings. The van der Waals surface area contributed by atoms with Crippen molar-refractivity contribution in [1.29, 1.82) is 0 Å². The molecule has 55 valence electrons. The van der Waals surface area contributed by atoms with Crippen molar-refractivity contribution in [3.05, 3.63) is 20.8 Å². The molecule has 1 rings (SSSR count). The van der Waals surface area contributed by atoms with E-state index in [-0.39, 0.29) is 0 Å². The third-order valence-corrected chi connectivity index (χ3v) is 3.11. The van der Waals surface area contributed by atoms with E-state index in [0.29, 0.717) is 0 Å². The molecule has 2 heteroatoms. The molecule has 0 bridgehead atoms. The van der Waals surface area contributed by atoms with Crippen LogP contribution in [0, 0.1) is 5.38 Å². The number of halogens is 1. The molecule has 1 aromatic heterocycles. The Morgan fingerprint density at radius 3 is 3.00 bits per heavy atom. The van der Waals surface area contributed by atoms with Gasteiger partial charge in [-0.05, 0) is 40.4 Å². The molecule has 1 heterocycles. The summed E-state index contributed by atoms with van der Waals surface area (Å²) in [4.78, 5) is 0. The minimum absolute atomic E-state index is 1.19. The Kier molecular flexibility index (Phi) is 3.43. The highest BCUT2D eigenvalue weighted by atomic mass is 79.9. The summed E-state index contributed by atoms with van der Waals surface area (Å²) in [5, 5.41) is 3.10. The monoisotopic (exact) mass is 217 g/mol. The summed E-state index contributed by atoms with van der Waals surface area (Å²) in [7, 11) is 0. The van der Waals surface area contributed by atoms with E-state index in [9.17, 15) is 0 Å². The summed E-state index contributed by atoms with van der Waals surface area (Å²) in [6.07, 6.45) is 3.74. The molecular weight excluding hydrogens is 208 g/mol. The van der Waals surface area contributed by atoms with Crippen molar-refractivity contribution in [3.8, 4) is 0 Å². The average molecular weight is 218 g/mol. The van der Waals surface area contributed by atoms with Crippen LogP contribution in [0.5, 0.6) is 0 Å². The number of thiophene rings is 1. The quantitative estimate of drug-likeness (QED) is 0.726. The zero-order valence-corrected chi connectivity index (χ0v) is 8.39. The van der Waals surface area contributed by atoms with Gasteiger partial charge in [0.2, 0.25) is 0 Å². The van der Waals surface area contributed by atoms with Gasteiger partial charge in [-0.3, -0.25) is 0 Å². The van der Waals surface area contributed by atoms with Crippen molar-refractivity contribution in [2.45, 2.75) is 26.2 Å². The molecule has 10 heavy (non-hydrogen) atoms. The fourth-order valence-electron chi connectivity index (χ4n) is 0.812. The van der Waals surface area contributed by atoms with E-state index in [1.165, 1.54) is 28.6 Å². The van der Waals surface area contributed by atoms with Crippen LogP contribution in [-0.4, -0.2) is 0 Å². The van der Waals surface area contributed by atoms with Gasteiger partial charge in [-0.1, -0.05) is 13.3 Å². The number of hydrogen-bond acceptors (Lipinski definition) is 1. The van der Waals surface area contributed by atoms with E-state index >= 15 is 0 Å². The Morgan fingerprint density at radius 2 is 2.50 bits per heavy atom. The molecule has 0 spiro atoms. The number of aryl methyl sites for hydroxylation is 1. The molecule has 0 saturated carbocycles. The van der Waals surface area contributed by atoms with Gasteiger partial charge in [-0.25, -0.2) is 0 Å². The van der Waals surface area contributed by atoms with Crippen LogP contribution < -0.4 is 0 Å². The Balaban J connectivity index is 2.49. The zero-order valence-electron chi connectivity index (χ0n) is 5.98. The molecule has 0 aliphatic carbocycles. The van der Waals surface area contributed by atoms with Crippen LogP contribution in [0.3, 0.4) is 0 Å². The Hall–Kier alpha value is 0.180. The number of rotatable bonds is 3. The lowest BCUT2D eigenvalue weighted by molar-refractivity contribution is 0.795. The second kappa shape index (κ2) is 4.14. The third-order valence-electron chi connectivity index (χ3n) is 1.43. The van der Waals surface area contributed by atoms with Crippen LogP contribution in [0.1, 0.15) is 25.3 Å². The van der Waals surface area contributed by atoms with Gasteiger partial charge in [0.25, 0.3) is 0 Å². The van der Waals surface area contributed by atoms with Crippen LogP contribution in [0.25, 0.3) is 0 Å². The molecule has 1 radical (unpaired) electrons. The van der Waals surface area contributed by atoms with E-state index in [1.54, 1.807) is 11.3 Å². The predicted octanol–water partition coefficient (Wildman–Crippen LogP) is 3.65. The molecule has 1 aromatic rings. The Morgan fingerprint density at radius 1 is 1.70 bits per heavy atom. The lowest BCUT2D eigenvalue weighted by Crippen LogP contribution is -1.79. The summed E-state index contributed by atoms with van der Waals surface area (Å²) >= 11 is 5.13. The van der Waals surface area contributed by atoms with Crippen molar-refractivity contribution < 1.29 is 0 Å². The summed E-state index contributed by atoms with van der Waals surface area (Å²) < 4.78 is 1.25. The van der Waals surface area contributed by atoms with Gasteiger partial charge < -0.3 is 0 Å². The smallest absolute Gasteiger partial charge is 0.0737 e. The van der Waals surface area contributed by atoms with E-state index in [1.807, 2.05) is 0 Å². The fourth-order valence-corrected chi connectivity index (χ4v) is 2.00. The van der Waals surface area contributed by atoms with Gasteiger partial charge in [0, 0.05) is 5.38 Å². The number of unbranched alkanes of at least 4 members (excludes halogenated alkanes) is 1. The Bertz CT molecular complexity index is 193. The summed E-state index contributed by atoms with van der Waals surface area (Å²) in [5.41, 5.74) is 1.41. The normalized spacial score (nSPS) is 10.2. The van der Waals surface area contributed by atoms with Crippen molar-refractivity contribution in [2.75, 3.05) is 0 Å². The van der Waals surface area contributed by atoms with Gasteiger partial charge in [0.1, 0.15) is 0 Å². The van der Waals surface area contributed by atoms with Crippen LogP contribution >= 0.6 is 27.3 Å². The summed E-state index contributed by atoms with van der Waals surface area (Å²) in [6.45, 7) is 2.21. The van der Waals surface area contributed by atoms with Crippen LogP contribution in [0.4, 0.5) is 0 Å². The van der Waals surface area contributed by atoms with Crippen molar-refractivity contribution >= 4 is 27.3 Å². The standard InChI is InChI=1S/C8H10BrS/c1-2-3-4-7-5-6-10-8(7)9/h5H,2-4H2,1H3. The molecule has 0 saturated heterocycles. The second-order valence-corrected chi connectivity index (χ2v) is 4.43. The molecule has 0 aliphatic heterocycles. The number of hydrogen-bond donors (Lipinski definition) is 0. The molecule has 0 amide bonds. The van der Waals surface area contributed by atoms with Gasteiger partial charge in [-0.15, -0.1) is 11.3 Å². The first-order chi connectivity index (χ1) is 4.84. The molecular formula is C8H10BrS. The largest absolute Gasteiger partial charge is 0.127 e. The van der Waals surface area contributed by atoms with E-state index in [0.717, 1.165) is 0 Å². The SMILES string of the molecule is CCCCc1c[c]sc1Br. The van der Waals surface area contributed by atoms with Crippen LogP contribution in [-0.2, 0) is 6.42 Å². The zero-order chi connectivity index (χ0) is 7.40. The molecule has 0 atom stereocenters. The predicted molar refractivity (Wildman–Crippen MR) is 49.5 cm³/mol. The summed E-state index contributed by atoms with van der Waals surface area (Å²) in [5.74, 6) is 0. The molecule has 0 unspecified atom stereocenters. The van der Waals surface area contributed by atoms with Crippen LogP contribution in [0.15, 0.2) is 9.85 Å². The maximum Gasteiger partial charge on any atom is 0.0737 e. The van der Waals surface area contributed by atoms with Gasteiger partial charge in [0.05, 0.1) is 3.79 Å². The minimum Gasteiger partial charge on any atom is -0.127 e. The molecule has 0 aromatic carbocycles. The van der Waals surface area contributed by atoms with Crippen molar-refractivity contribution in [1.82, 2.24) is 0 Å². The third kappa shape index (κ3) is 2.10. The first kappa shape index (κ1) is 8.28. The second-order valence-electron chi connectivity index (χ2n) is 2.27. The van der Waals surface area contributed by atoms with Gasteiger partial charge >= 0.3 is 0 Å². The average Bonchev–Trinajstić information content (AvgIpc) is 2.31. The summed E-state index contributed by atoms with van der Waals surface area (Å²) in [6, 6.07) is 2.07. The highest BCUT2D eigenvalue weighted by molar-refractivity contribution is 9.11. The first-order valence-electron chi connectivity index (χ1n) is 3.49. The molecule has 0 nitrogen and oxygen atoms in total. The maximum atomic E-state index is 3.48. The highest BCUT2D eigenvalue weighted by Crippen LogP contribution is 2.24. The lowest BCUT2D eigenvalue weighted by Gasteiger charge is -1.94. The van der Waals surface area contributed by atoms with E-state index < -0.39 is 0 Å². The van der Waals surface area contributed by atoms with Crippen molar-refractivity contribution in [2.24, 2.45) is 0 Å². The van der Waals surface area contributed by atoms with Crippen molar-refractivity contribution in [3.63, 3.8) is 0 Å². The first-order valence-corrected chi connectivity index (χ1v) is 5.09. The highest BCUT2D eigenvalue weighted by Gasteiger charge is 1.98. The van der Waals surface area contributed by atoms with E-state index in [4.69, 9.17) is 0 Å². The maximum absolute atomic E-state index is 3.48. The van der Waals surface area contributed by atoms with Crippen LogP contribution in [0.2, 0.25) is 0 Å². The lowest BCUT2D eigenvalue weighted by atomic mass is 10.2. The Labute approximate surface area is 74.4 Å². The minimum atomic E-state index is 1.19. The fraction of sp³-hybridized carbons (Fsp3) is 0.500. The van der Waals surface area contributed by atoms with E-state index in [2.05, 4.69) is 34.3 Å².